The van der Waals surface area contributed by atoms with Crippen LogP contribution in [0, 0.1) is 0 Å². The van der Waals surface area contributed by atoms with Crippen molar-refractivity contribution < 1.29 is 4.79 Å². The average molecular weight is 340 g/mol. The Morgan fingerprint density at radius 1 is 1.45 bits per heavy atom. The molecule has 1 atom stereocenters. The van der Waals surface area contributed by atoms with Gasteiger partial charge in [-0.05, 0) is 42.8 Å². The smallest absolute Gasteiger partial charge is 0.268 e. The molecule has 6 nitrogen and oxygen atoms in total. The summed E-state index contributed by atoms with van der Waals surface area (Å²) in [4.78, 5) is 16.2. The van der Waals surface area contributed by atoms with Gasteiger partial charge in [0.25, 0.3) is 5.91 Å². The lowest BCUT2D eigenvalue weighted by molar-refractivity contribution is 0.0925. The topological polar surface area (TPSA) is 64.7 Å². The molecule has 1 N–H and O–H groups in total. The summed E-state index contributed by atoms with van der Waals surface area (Å²) in [6.07, 6.45) is 5.04. The Hall–Kier alpha value is -1.63. The maximum Gasteiger partial charge on any atom is 0.268 e. The molecule has 0 unspecified atom stereocenters. The summed E-state index contributed by atoms with van der Waals surface area (Å²) in [5.74, 6) is -0.0861. The molecule has 0 aromatic carbocycles. The quantitative estimate of drug-likeness (QED) is 0.908. The van der Waals surface area contributed by atoms with Crippen molar-refractivity contribution in [1.82, 2.24) is 24.6 Å². The van der Waals surface area contributed by atoms with Crippen molar-refractivity contribution in [2.75, 3.05) is 0 Å². The van der Waals surface area contributed by atoms with Crippen LogP contribution in [0.3, 0.4) is 0 Å². The second kappa shape index (κ2) is 6.21. The first-order valence-corrected chi connectivity index (χ1v) is 7.27. The zero-order valence-electron chi connectivity index (χ0n) is 11.7. The summed E-state index contributed by atoms with van der Waals surface area (Å²) in [6, 6.07) is 2.03. The molecular weight excluding hydrogens is 322 g/mol. The van der Waals surface area contributed by atoms with Crippen molar-refractivity contribution in [3.8, 4) is 0 Å². The molecule has 2 aromatic rings. The second-order valence-corrected chi connectivity index (χ2v) is 5.95. The molecule has 0 saturated carbocycles. The van der Waals surface area contributed by atoms with Gasteiger partial charge in [-0.2, -0.15) is 5.10 Å². The summed E-state index contributed by atoms with van der Waals surface area (Å²) < 4.78 is 4.55. The molecule has 20 heavy (non-hydrogen) atoms. The van der Waals surface area contributed by atoms with Crippen molar-refractivity contribution in [2.45, 2.75) is 39.4 Å². The number of carbonyl (C=O) groups excluding carboxylic acids is 1. The Kier molecular flexibility index (Phi) is 4.59. The standard InChI is InChI=1S/C13H18BrN5O/c1-9(2)19-6-11(14)4-12(19)13(20)17-10(3)5-18-8-15-7-16-18/h4,6-10H,5H2,1-3H3,(H,17,20)/t10-/m0/s1. The summed E-state index contributed by atoms with van der Waals surface area (Å²) in [5.41, 5.74) is 0.650. The SMILES string of the molecule is CC(C)n1cc(Br)cc1C(=O)N[C@@H](C)Cn1cncn1. The fourth-order valence-electron chi connectivity index (χ4n) is 2.01. The van der Waals surface area contributed by atoms with Crippen molar-refractivity contribution >= 4 is 21.8 Å². The van der Waals surface area contributed by atoms with Gasteiger partial charge in [-0.3, -0.25) is 9.48 Å². The van der Waals surface area contributed by atoms with Crippen LogP contribution in [0.4, 0.5) is 0 Å². The van der Waals surface area contributed by atoms with Crippen molar-refractivity contribution in [3.63, 3.8) is 0 Å². The van der Waals surface area contributed by atoms with Gasteiger partial charge < -0.3 is 9.88 Å². The molecule has 0 aliphatic heterocycles. The zero-order valence-corrected chi connectivity index (χ0v) is 13.3. The number of hydrogen-bond acceptors (Lipinski definition) is 3. The molecule has 0 spiro atoms. The van der Waals surface area contributed by atoms with Crippen LogP contribution in [0.2, 0.25) is 0 Å². The summed E-state index contributed by atoms with van der Waals surface area (Å²) in [7, 11) is 0. The average Bonchev–Trinajstić information content (AvgIpc) is 2.97. The number of hydrogen-bond donors (Lipinski definition) is 1. The van der Waals surface area contributed by atoms with Gasteiger partial charge in [0.15, 0.2) is 0 Å². The van der Waals surface area contributed by atoms with E-state index in [2.05, 4.69) is 31.3 Å². The summed E-state index contributed by atoms with van der Waals surface area (Å²) in [6.45, 7) is 6.62. The minimum atomic E-state index is -0.0861. The molecular formula is C13H18BrN5O. The number of aromatic nitrogens is 4. The maximum absolute atomic E-state index is 12.3. The fourth-order valence-corrected chi connectivity index (χ4v) is 2.44. The predicted molar refractivity (Wildman–Crippen MR) is 79.5 cm³/mol. The minimum absolute atomic E-state index is 0.0292. The van der Waals surface area contributed by atoms with Gasteiger partial charge in [0, 0.05) is 22.8 Å². The Labute approximate surface area is 126 Å². The number of amides is 1. The van der Waals surface area contributed by atoms with Crippen molar-refractivity contribution in [2.24, 2.45) is 0 Å². The first kappa shape index (κ1) is 14.8. The highest BCUT2D eigenvalue weighted by Gasteiger charge is 2.17. The van der Waals surface area contributed by atoms with Crippen LogP contribution < -0.4 is 5.32 Å². The number of rotatable bonds is 5. The number of nitrogens with one attached hydrogen (secondary N) is 1. The van der Waals surface area contributed by atoms with E-state index in [9.17, 15) is 4.79 Å². The highest BCUT2D eigenvalue weighted by atomic mass is 79.9. The van der Waals surface area contributed by atoms with Crippen LogP contribution in [0.15, 0.2) is 29.4 Å². The molecule has 0 radical (unpaired) electrons. The van der Waals surface area contributed by atoms with E-state index in [0.29, 0.717) is 12.2 Å². The molecule has 108 valence electrons. The zero-order chi connectivity index (χ0) is 14.7. The van der Waals surface area contributed by atoms with Gasteiger partial charge in [0.1, 0.15) is 18.3 Å². The summed E-state index contributed by atoms with van der Waals surface area (Å²) >= 11 is 3.41. The predicted octanol–water partition coefficient (Wildman–Crippen LogP) is 2.24. The second-order valence-electron chi connectivity index (χ2n) is 5.04. The van der Waals surface area contributed by atoms with E-state index in [1.54, 1.807) is 11.0 Å². The van der Waals surface area contributed by atoms with Crippen LogP contribution >= 0.6 is 15.9 Å². The third kappa shape index (κ3) is 3.47. The minimum Gasteiger partial charge on any atom is -0.346 e. The molecule has 1 amide bonds. The van der Waals surface area contributed by atoms with E-state index in [1.165, 1.54) is 6.33 Å². The largest absolute Gasteiger partial charge is 0.346 e. The number of halogens is 1. The van der Waals surface area contributed by atoms with Gasteiger partial charge in [-0.15, -0.1) is 0 Å². The molecule has 2 rings (SSSR count). The van der Waals surface area contributed by atoms with Gasteiger partial charge >= 0.3 is 0 Å². The van der Waals surface area contributed by atoms with E-state index in [-0.39, 0.29) is 18.0 Å². The monoisotopic (exact) mass is 339 g/mol. The number of nitrogens with zero attached hydrogens (tertiary/aromatic N) is 4. The first-order chi connectivity index (χ1) is 9.47. The lowest BCUT2D eigenvalue weighted by atomic mass is 10.3. The normalized spacial score (nSPS) is 12.7. The highest BCUT2D eigenvalue weighted by Crippen LogP contribution is 2.19. The van der Waals surface area contributed by atoms with Crippen LogP contribution in [-0.2, 0) is 6.54 Å². The van der Waals surface area contributed by atoms with Crippen molar-refractivity contribution in [3.05, 3.63) is 35.1 Å². The van der Waals surface area contributed by atoms with Gasteiger partial charge in [-0.1, -0.05) is 0 Å². The lowest BCUT2D eigenvalue weighted by Crippen LogP contribution is -2.37. The molecule has 2 aromatic heterocycles. The van der Waals surface area contributed by atoms with E-state index in [1.807, 2.05) is 37.6 Å². The third-order valence-corrected chi connectivity index (χ3v) is 3.34. The van der Waals surface area contributed by atoms with Crippen LogP contribution in [0.25, 0.3) is 0 Å². The number of carbonyl (C=O) groups is 1. The van der Waals surface area contributed by atoms with E-state index >= 15 is 0 Å². The summed E-state index contributed by atoms with van der Waals surface area (Å²) in [5, 5.41) is 7.00. The lowest BCUT2D eigenvalue weighted by Gasteiger charge is -2.16. The molecule has 2 heterocycles. The highest BCUT2D eigenvalue weighted by molar-refractivity contribution is 9.10. The molecule has 0 aliphatic rings. The Morgan fingerprint density at radius 3 is 2.80 bits per heavy atom. The van der Waals surface area contributed by atoms with E-state index < -0.39 is 0 Å². The van der Waals surface area contributed by atoms with Gasteiger partial charge in [0.2, 0.25) is 0 Å². The van der Waals surface area contributed by atoms with Gasteiger partial charge in [-0.25, -0.2) is 4.98 Å². The first-order valence-electron chi connectivity index (χ1n) is 6.48. The Bertz CT molecular complexity index is 576. The Morgan fingerprint density at radius 2 is 2.20 bits per heavy atom. The third-order valence-electron chi connectivity index (χ3n) is 2.91. The van der Waals surface area contributed by atoms with Crippen LogP contribution in [-0.4, -0.2) is 31.3 Å². The molecule has 0 saturated heterocycles. The van der Waals surface area contributed by atoms with Gasteiger partial charge in [0.05, 0.1) is 6.54 Å². The Balaban J connectivity index is 2.04. The van der Waals surface area contributed by atoms with Crippen LogP contribution in [0.5, 0.6) is 0 Å². The van der Waals surface area contributed by atoms with Crippen LogP contribution in [0.1, 0.15) is 37.3 Å². The fraction of sp³-hybridized carbons (Fsp3) is 0.462. The molecule has 0 bridgehead atoms. The molecule has 0 fully saturated rings. The maximum atomic E-state index is 12.3. The van der Waals surface area contributed by atoms with Crippen molar-refractivity contribution in [1.29, 1.82) is 0 Å². The van der Waals surface area contributed by atoms with E-state index in [0.717, 1.165) is 4.47 Å². The van der Waals surface area contributed by atoms with E-state index in [4.69, 9.17) is 0 Å². The molecule has 7 heteroatoms. The molecule has 0 aliphatic carbocycles.